The molecule has 1 aromatic carbocycles. The highest BCUT2D eigenvalue weighted by Crippen LogP contribution is 2.27. The summed E-state index contributed by atoms with van der Waals surface area (Å²) in [6.45, 7) is 0. The molecule has 78 valence electrons. The highest BCUT2D eigenvalue weighted by Gasteiger charge is 2.01. The van der Waals surface area contributed by atoms with Crippen molar-refractivity contribution in [3.05, 3.63) is 36.7 Å². The third-order valence-electron chi connectivity index (χ3n) is 2.02. The van der Waals surface area contributed by atoms with Gasteiger partial charge in [-0.1, -0.05) is 17.8 Å². The molecule has 0 unspecified atom stereocenters. The van der Waals surface area contributed by atoms with E-state index in [1.807, 2.05) is 20.3 Å². The Morgan fingerprint density at radius 2 is 2.20 bits per heavy atom. The Kier molecular flexibility index (Phi) is 2.97. The Labute approximate surface area is 93.5 Å². The molecule has 0 saturated heterocycles. The molecular weight excluding hydrogens is 206 g/mol. The molecule has 0 aliphatic rings. The highest BCUT2D eigenvalue weighted by atomic mass is 32.2. The Balaban J connectivity index is 2.18. The van der Waals surface area contributed by atoms with Crippen LogP contribution >= 0.6 is 11.8 Å². The standard InChI is InChI=1S/C11H13N3S/c1-14(2)9-4-3-5-10(8-9)15-11-12-6-7-13-11/h3-8H,1-2H3,(H,12,13). The minimum Gasteiger partial charge on any atom is -0.378 e. The summed E-state index contributed by atoms with van der Waals surface area (Å²) in [6, 6.07) is 8.38. The lowest BCUT2D eigenvalue weighted by atomic mass is 10.3. The first-order chi connectivity index (χ1) is 7.25. The summed E-state index contributed by atoms with van der Waals surface area (Å²) in [5, 5.41) is 0.922. The zero-order valence-electron chi connectivity index (χ0n) is 8.77. The zero-order valence-corrected chi connectivity index (χ0v) is 9.58. The number of aromatic nitrogens is 2. The molecule has 2 rings (SSSR count). The van der Waals surface area contributed by atoms with Crippen LogP contribution in [0.2, 0.25) is 0 Å². The lowest BCUT2D eigenvalue weighted by Gasteiger charge is -2.12. The highest BCUT2D eigenvalue weighted by molar-refractivity contribution is 7.99. The maximum absolute atomic E-state index is 4.18. The van der Waals surface area contributed by atoms with Gasteiger partial charge in [-0.25, -0.2) is 4.98 Å². The number of aromatic amines is 1. The molecule has 0 aliphatic heterocycles. The normalized spacial score (nSPS) is 10.3. The smallest absolute Gasteiger partial charge is 0.170 e. The van der Waals surface area contributed by atoms with Gasteiger partial charge in [0.05, 0.1) is 0 Å². The van der Waals surface area contributed by atoms with E-state index in [4.69, 9.17) is 0 Å². The molecule has 2 aromatic rings. The molecule has 1 heterocycles. The van der Waals surface area contributed by atoms with Gasteiger partial charge in [0.1, 0.15) is 0 Å². The first kappa shape index (κ1) is 10.1. The van der Waals surface area contributed by atoms with Crippen LogP contribution in [0.1, 0.15) is 0 Å². The van der Waals surface area contributed by atoms with E-state index in [1.165, 1.54) is 10.6 Å². The molecule has 0 spiro atoms. The van der Waals surface area contributed by atoms with Crippen molar-refractivity contribution in [1.82, 2.24) is 9.97 Å². The predicted molar refractivity (Wildman–Crippen MR) is 63.5 cm³/mol. The molecule has 0 saturated carbocycles. The number of nitrogens with zero attached hydrogens (tertiary/aromatic N) is 2. The van der Waals surface area contributed by atoms with E-state index in [0.29, 0.717) is 0 Å². The maximum Gasteiger partial charge on any atom is 0.170 e. The van der Waals surface area contributed by atoms with Crippen molar-refractivity contribution in [2.24, 2.45) is 0 Å². The SMILES string of the molecule is CN(C)c1cccc(Sc2ncc[nH]2)c1. The number of imidazole rings is 1. The van der Waals surface area contributed by atoms with Crippen LogP contribution in [-0.2, 0) is 0 Å². The Bertz CT molecular complexity index is 423. The number of rotatable bonds is 3. The van der Waals surface area contributed by atoms with E-state index < -0.39 is 0 Å². The first-order valence-corrected chi connectivity index (χ1v) is 5.52. The second-order valence-corrected chi connectivity index (χ2v) is 4.45. The molecule has 1 aromatic heterocycles. The van der Waals surface area contributed by atoms with E-state index in [9.17, 15) is 0 Å². The van der Waals surface area contributed by atoms with Crippen LogP contribution in [0, 0.1) is 0 Å². The van der Waals surface area contributed by atoms with Crippen molar-refractivity contribution in [1.29, 1.82) is 0 Å². The van der Waals surface area contributed by atoms with Gasteiger partial charge in [0, 0.05) is 37.1 Å². The van der Waals surface area contributed by atoms with Crippen LogP contribution in [0.4, 0.5) is 5.69 Å². The summed E-state index contributed by atoms with van der Waals surface area (Å²) < 4.78 is 0. The molecule has 0 bridgehead atoms. The molecule has 4 heteroatoms. The quantitative estimate of drug-likeness (QED) is 0.861. The van der Waals surface area contributed by atoms with Crippen molar-refractivity contribution < 1.29 is 0 Å². The predicted octanol–water partition coefficient (Wildman–Crippen LogP) is 2.63. The van der Waals surface area contributed by atoms with Crippen LogP contribution in [0.25, 0.3) is 0 Å². The Morgan fingerprint density at radius 1 is 1.33 bits per heavy atom. The van der Waals surface area contributed by atoms with Crippen molar-refractivity contribution in [3.8, 4) is 0 Å². The van der Waals surface area contributed by atoms with E-state index in [2.05, 4.69) is 39.1 Å². The van der Waals surface area contributed by atoms with Crippen molar-refractivity contribution >= 4 is 17.4 Å². The Hall–Kier alpha value is -1.42. The third kappa shape index (κ3) is 2.53. The second kappa shape index (κ2) is 4.40. The molecular formula is C11H13N3S. The number of hydrogen-bond acceptors (Lipinski definition) is 3. The summed E-state index contributed by atoms with van der Waals surface area (Å²) in [4.78, 5) is 10.5. The lowest BCUT2D eigenvalue weighted by molar-refractivity contribution is 1.06. The molecule has 0 atom stereocenters. The molecule has 0 fully saturated rings. The maximum atomic E-state index is 4.18. The molecule has 1 N–H and O–H groups in total. The molecule has 15 heavy (non-hydrogen) atoms. The number of benzene rings is 1. The van der Waals surface area contributed by atoms with Crippen LogP contribution in [-0.4, -0.2) is 24.1 Å². The molecule has 0 aliphatic carbocycles. The minimum atomic E-state index is 0.922. The van der Waals surface area contributed by atoms with Gasteiger partial charge in [-0.2, -0.15) is 0 Å². The number of nitrogens with one attached hydrogen (secondary N) is 1. The van der Waals surface area contributed by atoms with Gasteiger partial charge in [-0.15, -0.1) is 0 Å². The fourth-order valence-corrected chi connectivity index (χ4v) is 2.03. The van der Waals surface area contributed by atoms with Crippen molar-refractivity contribution in [2.45, 2.75) is 10.1 Å². The van der Waals surface area contributed by atoms with E-state index in [1.54, 1.807) is 18.0 Å². The number of hydrogen-bond donors (Lipinski definition) is 1. The number of anilines is 1. The Morgan fingerprint density at radius 3 is 2.87 bits per heavy atom. The van der Waals surface area contributed by atoms with Gasteiger partial charge in [0.25, 0.3) is 0 Å². The van der Waals surface area contributed by atoms with Crippen LogP contribution in [0.5, 0.6) is 0 Å². The lowest BCUT2D eigenvalue weighted by Crippen LogP contribution is -2.08. The monoisotopic (exact) mass is 219 g/mol. The number of H-pyrrole nitrogens is 1. The first-order valence-electron chi connectivity index (χ1n) is 4.70. The average molecular weight is 219 g/mol. The van der Waals surface area contributed by atoms with E-state index in [-0.39, 0.29) is 0 Å². The van der Waals surface area contributed by atoms with Crippen LogP contribution < -0.4 is 4.90 Å². The van der Waals surface area contributed by atoms with Crippen LogP contribution in [0.3, 0.4) is 0 Å². The summed E-state index contributed by atoms with van der Waals surface area (Å²) in [7, 11) is 4.08. The van der Waals surface area contributed by atoms with Crippen molar-refractivity contribution in [3.63, 3.8) is 0 Å². The summed E-state index contributed by atoms with van der Waals surface area (Å²) >= 11 is 1.63. The summed E-state index contributed by atoms with van der Waals surface area (Å²) in [5.41, 5.74) is 1.20. The van der Waals surface area contributed by atoms with E-state index in [0.717, 1.165) is 5.16 Å². The second-order valence-electron chi connectivity index (χ2n) is 3.39. The molecule has 3 nitrogen and oxygen atoms in total. The topological polar surface area (TPSA) is 31.9 Å². The molecule has 0 amide bonds. The fraction of sp³-hybridized carbons (Fsp3) is 0.182. The van der Waals surface area contributed by atoms with Crippen molar-refractivity contribution in [2.75, 3.05) is 19.0 Å². The summed E-state index contributed by atoms with van der Waals surface area (Å²) in [5.74, 6) is 0. The third-order valence-corrected chi connectivity index (χ3v) is 2.93. The van der Waals surface area contributed by atoms with Gasteiger partial charge in [0.15, 0.2) is 5.16 Å². The van der Waals surface area contributed by atoms with Gasteiger partial charge in [-0.3, -0.25) is 0 Å². The van der Waals surface area contributed by atoms with Gasteiger partial charge < -0.3 is 9.88 Å². The van der Waals surface area contributed by atoms with Crippen LogP contribution in [0.15, 0.2) is 46.7 Å². The van der Waals surface area contributed by atoms with E-state index >= 15 is 0 Å². The van der Waals surface area contributed by atoms with Gasteiger partial charge in [0.2, 0.25) is 0 Å². The largest absolute Gasteiger partial charge is 0.378 e. The van der Waals surface area contributed by atoms with Gasteiger partial charge >= 0.3 is 0 Å². The molecule has 0 radical (unpaired) electrons. The fourth-order valence-electron chi connectivity index (χ4n) is 1.24. The average Bonchev–Trinajstić information content (AvgIpc) is 2.71. The summed E-state index contributed by atoms with van der Waals surface area (Å²) in [6.07, 6.45) is 3.59. The zero-order chi connectivity index (χ0) is 10.7. The van der Waals surface area contributed by atoms with Gasteiger partial charge in [-0.05, 0) is 18.2 Å². The minimum absolute atomic E-state index is 0.922.